The lowest BCUT2D eigenvalue weighted by molar-refractivity contribution is -0.135. The number of thiazole rings is 1. The number of hydrogen-bond acceptors (Lipinski definition) is 6. The molecule has 0 aliphatic carbocycles. The number of carbonyl (C=O) groups is 1. The van der Waals surface area contributed by atoms with Gasteiger partial charge in [-0.2, -0.15) is 0 Å². The molecule has 10 heteroatoms. The molecule has 0 radical (unpaired) electrons. The van der Waals surface area contributed by atoms with Gasteiger partial charge in [0.25, 0.3) is 10.0 Å². The number of amides is 1. The number of carbonyl (C=O) groups excluding carboxylic acids is 1. The first-order chi connectivity index (χ1) is 15.4. The molecule has 1 aliphatic rings. The van der Waals surface area contributed by atoms with Crippen molar-refractivity contribution in [1.29, 1.82) is 0 Å². The smallest absolute Gasteiger partial charge is 0.308 e. The number of morpholine rings is 1. The van der Waals surface area contributed by atoms with Crippen molar-refractivity contribution in [2.45, 2.75) is 31.2 Å². The van der Waals surface area contributed by atoms with E-state index < -0.39 is 10.0 Å². The predicted molar refractivity (Wildman–Crippen MR) is 125 cm³/mol. The quantitative estimate of drug-likeness (QED) is 0.567. The zero-order valence-electron chi connectivity index (χ0n) is 17.7. The van der Waals surface area contributed by atoms with E-state index in [4.69, 9.17) is 4.74 Å². The van der Waals surface area contributed by atoms with E-state index in [1.54, 1.807) is 23.1 Å². The zero-order valence-corrected chi connectivity index (χ0v) is 19.4. The van der Waals surface area contributed by atoms with Gasteiger partial charge in [0.2, 0.25) is 5.91 Å². The summed E-state index contributed by atoms with van der Waals surface area (Å²) in [5.41, 5.74) is 2.07. The van der Waals surface area contributed by atoms with Crippen LogP contribution in [-0.2, 0) is 32.5 Å². The third-order valence-corrected chi connectivity index (χ3v) is 7.81. The summed E-state index contributed by atoms with van der Waals surface area (Å²) in [6.45, 7) is 4.40. The SMILES string of the molecule is CCc1ccccc1NS(=O)(=O)c1ccc2c(c1)sc(=O)n2CCC(=O)N1CCOCC1. The highest BCUT2D eigenvalue weighted by atomic mass is 32.2. The molecule has 4 rings (SSSR count). The Morgan fingerprint density at radius 2 is 1.91 bits per heavy atom. The van der Waals surface area contributed by atoms with Crippen LogP contribution in [0.4, 0.5) is 5.69 Å². The number of aromatic nitrogens is 1. The van der Waals surface area contributed by atoms with Gasteiger partial charge in [-0.25, -0.2) is 8.42 Å². The van der Waals surface area contributed by atoms with E-state index >= 15 is 0 Å². The molecule has 1 N–H and O–H groups in total. The molecule has 1 amide bonds. The number of nitrogens with one attached hydrogen (secondary N) is 1. The first-order valence-corrected chi connectivity index (χ1v) is 12.8. The Labute approximate surface area is 190 Å². The summed E-state index contributed by atoms with van der Waals surface area (Å²) in [7, 11) is -3.81. The van der Waals surface area contributed by atoms with E-state index in [1.807, 2.05) is 19.1 Å². The number of nitrogens with zero attached hydrogens (tertiary/aromatic N) is 2. The maximum absolute atomic E-state index is 12.9. The molecule has 32 heavy (non-hydrogen) atoms. The fourth-order valence-corrected chi connectivity index (χ4v) is 5.89. The summed E-state index contributed by atoms with van der Waals surface area (Å²) in [5, 5.41) is 0. The first kappa shape index (κ1) is 22.5. The fourth-order valence-electron chi connectivity index (χ4n) is 3.74. The van der Waals surface area contributed by atoms with Gasteiger partial charge in [0.15, 0.2) is 0 Å². The number of aryl methyl sites for hydroxylation is 2. The van der Waals surface area contributed by atoms with Crippen molar-refractivity contribution in [3.05, 3.63) is 57.7 Å². The molecule has 0 unspecified atom stereocenters. The number of rotatable bonds is 7. The maximum atomic E-state index is 12.9. The molecular weight excluding hydrogens is 450 g/mol. The third kappa shape index (κ3) is 4.72. The molecule has 1 fully saturated rings. The van der Waals surface area contributed by atoms with Crippen LogP contribution < -0.4 is 9.60 Å². The van der Waals surface area contributed by atoms with Gasteiger partial charge in [0, 0.05) is 26.1 Å². The van der Waals surface area contributed by atoms with E-state index in [0.717, 1.165) is 16.9 Å². The molecule has 2 heterocycles. The molecule has 3 aromatic rings. The Balaban J connectivity index is 1.55. The minimum Gasteiger partial charge on any atom is -0.378 e. The van der Waals surface area contributed by atoms with E-state index in [9.17, 15) is 18.0 Å². The van der Waals surface area contributed by atoms with Gasteiger partial charge < -0.3 is 9.64 Å². The number of para-hydroxylation sites is 1. The summed E-state index contributed by atoms with van der Waals surface area (Å²) in [6, 6.07) is 11.9. The highest BCUT2D eigenvalue weighted by Gasteiger charge is 2.20. The van der Waals surface area contributed by atoms with Gasteiger partial charge in [0.05, 0.1) is 34.0 Å². The second-order valence-corrected chi connectivity index (χ2v) is 10.2. The topological polar surface area (TPSA) is 97.7 Å². The summed E-state index contributed by atoms with van der Waals surface area (Å²) in [5.74, 6) is -0.0162. The molecule has 2 aromatic carbocycles. The maximum Gasteiger partial charge on any atom is 0.308 e. The number of ether oxygens (including phenoxy) is 1. The fraction of sp³-hybridized carbons (Fsp3) is 0.364. The Morgan fingerprint density at radius 3 is 2.66 bits per heavy atom. The average Bonchev–Trinajstić information content (AvgIpc) is 3.12. The van der Waals surface area contributed by atoms with E-state index in [2.05, 4.69) is 4.72 Å². The Morgan fingerprint density at radius 1 is 1.16 bits per heavy atom. The molecule has 0 saturated carbocycles. The van der Waals surface area contributed by atoms with Crippen molar-refractivity contribution >= 4 is 43.2 Å². The normalized spacial score (nSPS) is 14.6. The van der Waals surface area contributed by atoms with Crippen LogP contribution in [0.1, 0.15) is 18.9 Å². The van der Waals surface area contributed by atoms with Crippen molar-refractivity contribution in [2.24, 2.45) is 0 Å². The van der Waals surface area contributed by atoms with Crippen molar-refractivity contribution in [2.75, 3.05) is 31.0 Å². The van der Waals surface area contributed by atoms with Gasteiger partial charge >= 0.3 is 4.87 Å². The molecule has 0 bridgehead atoms. The Bertz CT molecular complexity index is 1290. The van der Waals surface area contributed by atoms with Crippen molar-refractivity contribution in [3.63, 3.8) is 0 Å². The lowest BCUT2D eigenvalue weighted by Gasteiger charge is -2.26. The van der Waals surface area contributed by atoms with E-state index in [-0.39, 0.29) is 28.6 Å². The molecule has 1 aliphatic heterocycles. The molecule has 8 nitrogen and oxygen atoms in total. The molecule has 0 spiro atoms. The van der Waals surface area contributed by atoms with E-state index in [0.29, 0.717) is 48.6 Å². The van der Waals surface area contributed by atoms with Gasteiger partial charge in [-0.3, -0.25) is 18.9 Å². The van der Waals surface area contributed by atoms with Crippen LogP contribution in [0.2, 0.25) is 0 Å². The van der Waals surface area contributed by atoms with Crippen LogP contribution in [-0.4, -0.2) is 50.1 Å². The molecule has 1 saturated heterocycles. The van der Waals surface area contributed by atoms with Crippen LogP contribution in [0.3, 0.4) is 0 Å². The van der Waals surface area contributed by atoms with Gasteiger partial charge in [-0.15, -0.1) is 0 Å². The summed E-state index contributed by atoms with van der Waals surface area (Å²) in [4.78, 5) is 26.6. The average molecular weight is 476 g/mol. The largest absolute Gasteiger partial charge is 0.378 e. The highest BCUT2D eigenvalue weighted by molar-refractivity contribution is 7.92. The lowest BCUT2D eigenvalue weighted by Crippen LogP contribution is -2.41. The monoisotopic (exact) mass is 475 g/mol. The number of benzene rings is 2. The van der Waals surface area contributed by atoms with E-state index in [1.165, 1.54) is 16.7 Å². The van der Waals surface area contributed by atoms with Crippen LogP contribution in [0.15, 0.2) is 52.2 Å². The molecule has 170 valence electrons. The number of fused-ring (bicyclic) bond motifs is 1. The summed E-state index contributed by atoms with van der Waals surface area (Å²) in [6.07, 6.45) is 0.909. The second-order valence-electron chi connectivity index (χ2n) is 7.51. The second kappa shape index (κ2) is 9.43. The Hall–Kier alpha value is -2.69. The zero-order chi connectivity index (χ0) is 22.7. The summed E-state index contributed by atoms with van der Waals surface area (Å²) < 4.78 is 35.9. The standard InChI is InChI=1S/C22H25N3O5S2/c1-2-16-5-3-4-6-18(16)23-32(28,29)17-7-8-19-20(15-17)31-22(27)25(19)10-9-21(26)24-11-13-30-14-12-24/h3-8,15,23H,2,9-14H2,1H3. The highest BCUT2D eigenvalue weighted by Crippen LogP contribution is 2.25. The first-order valence-electron chi connectivity index (χ1n) is 10.5. The molecular formula is C22H25N3O5S2. The van der Waals surface area contributed by atoms with Gasteiger partial charge in [0.1, 0.15) is 0 Å². The molecule has 1 aromatic heterocycles. The Kier molecular flexibility index (Phi) is 6.63. The van der Waals surface area contributed by atoms with Gasteiger partial charge in [-0.05, 0) is 36.2 Å². The van der Waals surface area contributed by atoms with Crippen molar-refractivity contribution in [3.8, 4) is 0 Å². The number of anilines is 1. The van der Waals surface area contributed by atoms with Crippen molar-refractivity contribution < 1.29 is 17.9 Å². The predicted octanol–water partition coefficient (Wildman–Crippen LogP) is 2.68. The minimum atomic E-state index is -3.81. The minimum absolute atomic E-state index is 0.0162. The van der Waals surface area contributed by atoms with Crippen LogP contribution in [0, 0.1) is 0 Å². The molecule has 0 atom stereocenters. The van der Waals surface area contributed by atoms with Crippen LogP contribution >= 0.6 is 11.3 Å². The van der Waals surface area contributed by atoms with Crippen LogP contribution in [0.5, 0.6) is 0 Å². The van der Waals surface area contributed by atoms with Gasteiger partial charge in [-0.1, -0.05) is 36.5 Å². The third-order valence-electron chi connectivity index (χ3n) is 5.51. The van der Waals surface area contributed by atoms with Crippen LogP contribution in [0.25, 0.3) is 10.2 Å². The lowest BCUT2D eigenvalue weighted by atomic mass is 10.1. The number of sulfonamides is 1. The summed E-state index contributed by atoms with van der Waals surface area (Å²) >= 11 is 0.981. The number of hydrogen-bond donors (Lipinski definition) is 1. The van der Waals surface area contributed by atoms with Crippen molar-refractivity contribution in [1.82, 2.24) is 9.47 Å².